The summed E-state index contributed by atoms with van der Waals surface area (Å²) in [6, 6.07) is 0. The van der Waals surface area contributed by atoms with Crippen molar-refractivity contribution in [3.63, 3.8) is 0 Å². The Labute approximate surface area is 86.0 Å². The van der Waals surface area contributed by atoms with Crippen molar-refractivity contribution < 1.29 is 76.1 Å². The molecular formula is CH2NNiRb. The molecule has 0 saturated heterocycles. The summed E-state index contributed by atoms with van der Waals surface area (Å²) in [6.45, 7) is 3.50. The van der Waals surface area contributed by atoms with E-state index in [4.69, 9.17) is 5.26 Å². The zero-order valence-corrected chi connectivity index (χ0v) is 8.24. The first kappa shape index (κ1) is 17.1. The number of nitriles is 1. The molecule has 3 heteroatoms. The first-order valence-corrected chi connectivity index (χ1v) is 0.258. The first-order valence-electron chi connectivity index (χ1n) is 0.258. The Morgan fingerprint density at radius 3 is 1.50 bits per heavy atom. The molecule has 0 atom stereocenters. The molecule has 0 aromatic heterocycles. The van der Waals surface area contributed by atoms with Crippen molar-refractivity contribution >= 4 is 0 Å². The van der Waals surface area contributed by atoms with Crippen LogP contribution in [0.1, 0.15) is 1.43 Å². The van der Waals surface area contributed by atoms with Crippen molar-refractivity contribution in [1.82, 2.24) is 0 Å². The average molecular weight is 172 g/mol. The first-order chi connectivity index (χ1) is 1.00. The minimum Gasteiger partial charge on any atom is -1.00 e. The summed E-state index contributed by atoms with van der Waals surface area (Å²) in [7, 11) is 0. The summed E-state index contributed by atoms with van der Waals surface area (Å²) < 4.78 is 0. The fraction of sp³-hybridized carbons (Fsp3) is 0. The van der Waals surface area contributed by atoms with Crippen LogP contribution < -0.4 is 58.2 Å². The van der Waals surface area contributed by atoms with Gasteiger partial charge in [0.15, 0.2) is 0 Å². The maximum absolute atomic E-state index is 6.50. The van der Waals surface area contributed by atoms with Crippen LogP contribution in [0.3, 0.4) is 0 Å². The van der Waals surface area contributed by atoms with Crippen molar-refractivity contribution in [2.24, 2.45) is 0 Å². The number of hydrogen-bond donors (Lipinski definition) is 0. The van der Waals surface area contributed by atoms with Crippen LogP contribution in [0.4, 0.5) is 0 Å². The summed E-state index contributed by atoms with van der Waals surface area (Å²) >= 11 is 0. The molecule has 0 unspecified atom stereocenters. The summed E-state index contributed by atoms with van der Waals surface area (Å²) in [4.78, 5) is 0. The summed E-state index contributed by atoms with van der Waals surface area (Å²) in [6.07, 6.45) is 0. The molecule has 0 N–H and O–H groups in total. The fourth-order valence-corrected chi connectivity index (χ4v) is 0. The topological polar surface area (TPSA) is 23.8 Å². The van der Waals surface area contributed by atoms with Crippen LogP contribution in [0, 0.1) is 11.8 Å². The smallest absolute Gasteiger partial charge is 1.00 e. The summed E-state index contributed by atoms with van der Waals surface area (Å²) in [5.74, 6) is 0. The maximum atomic E-state index is 6.50. The molecule has 4 heavy (non-hydrogen) atoms. The van der Waals surface area contributed by atoms with E-state index in [0.29, 0.717) is 0 Å². The molecule has 0 heterocycles. The molecule has 0 aromatic carbocycles. The molecule has 0 fully saturated rings. The van der Waals surface area contributed by atoms with Gasteiger partial charge in [-0.15, -0.1) is 0 Å². The predicted molar refractivity (Wildman–Crippen MR) is 7.78 cm³/mol. The third-order valence-corrected chi connectivity index (χ3v) is 0. The van der Waals surface area contributed by atoms with E-state index >= 15 is 0 Å². The van der Waals surface area contributed by atoms with Crippen molar-refractivity contribution in [3.05, 3.63) is 0 Å². The number of hydrogen-bond acceptors (Lipinski definition) is 1. The summed E-state index contributed by atoms with van der Waals surface area (Å²) in [5, 5.41) is 6.50. The Bertz CT molecular complexity index is 16.4. The molecule has 0 saturated carbocycles. The summed E-state index contributed by atoms with van der Waals surface area (Å²) in [5.41, 5.74) is 0. The molecule has 0 rings (SSSR count). The van der Waals surface area contributed by atoms with Gasteiger partial charge >= 0.3 is 58.2 Å². The molecule has 1 nitrogen and oxygen atoms in total. The van der Waals surface area contributed by atoms with Gasteiger partial charge in [-0.25, -0.2) is 5.26 Å². The second kappa shape index (κ2) is 21.5. The van der Waals surface area contributed by atoms with Crippen LogP contribution >= 0.6 is 0 Å². The van der Waals surface area contributed by atoms with Crippen LogP contribution in [-0.4, -0.2) is 0 Å². The standard InChI is InChI=1S/CHN.Ni.Rb.H/c1-2;;;/h1H;;;/q;;+1;-1. The Morgan fingerprint density at radius 2 is 1.50 bits per heavy atom. The van der Waals surface area contributed by atoms with Crippen LogP contribution in [0.2, 0.25) is 0 Å². The molecule has 0 amide bonds. The van der Waals surface area contributed by atoms with Gasteiger partial charge in [-0.05, 0) is 0 Å². The van der Waals surface area contributed by atoms with Gasteiger partial charge in [0.25, 0.3) is 0 Å². The normalized spacial score (nSPS) is 0.500. The maximum Gasteiger partial charge on any atom is 1.00 e. The molecule has 0 radical (unpaired) electrons. The van der Waals surface area contributed by atoms with E-state index in [1.165, 1.54) is 0 Å². The van der Waals surface area contributed by atoms with Gasteiger partial charge in [0.05, 0.1) is 0 Å². The molecule has 0 aliphatic heterocycles. The molecular weight excluding hydrogens is 170 g/mol. The average Bonchev–Trinajstić information content (AvgIpc) is 1.00. The molecule has 22 valence electrons. The van der Waals surface area contributed by atoms with Crippen molar-refractivity contribution in [3.8, 4) is 6.57 Å². The van der Waals surface area contributed by atoms with Crippen LogP contribution in [0.5, 0.6) is 0 Å². The van der Waals surface area contributed by atoms with E-state index in [9.17, 15) is 0 Å². The molecule has 0 aliphatic rings. The largest absolute Gasteiger partial charge is 1.00 e. The SMILES string of the molecule is C#N.[H-].[Ni].[Rb+]. The minimum absolute atomic E-state index is 0. The van der Waals surface area contributed by atoms with E-state index in [2.05, 4.69) is 6.57 Å². The molecule has 0 aromatic rings. The molecule has 0 aliphatic carbocycles. The Hall–Kier alpha value is 1.79. The number of nitrogens with zero attached hydrogens (tertiary/aromatic N) is 1. The van der Waals surface area contributed by atoms with Crippen molar-refractivity contribution in [2.45, 2.75) is 0 Å². The van der Waals surface area contributed by atoms with Gasteiger partial charge in [0, 0.05) is 23.1 Å². The Morgan fingerprint density at radius 1 is 1.50 bits per heavy atom. The van der Waals surface area contributed by atoms with Gasteiger partial charge < -0.3 is 1.43 Å². The third kappa shape index (κ3) is 9.21. The van der Waals surface area contributed by atoms with E-state index in [-0.39, 0.29) is 76.1 Å². The number of rotatable bonds is 0. The monoisotopic (exact) mass is 171 g/mol. The Balaban J connectivity index is -0.00000000167. The Kier molecular flexibility index (Phi) is 91.7. The third-order valence-electron chi connectivity index (χ3n) is 0. The van der Waals surface area contributed by atoms with E-state index in [1.54, 1.807) is 0 Å². The second-order valence-electron chi connectivity index (χ2n) is 0. The quantitative estimate of drug-likeness (QED) is 0.364. The molecule has 0 bridgehead atoms. The van der Waals surface area contributed by atoms with E-state index < -0.39 is 0 Å². The van der Waals surface area contributed by atoms with E-state index in [0.717, 1.165) is 0 Å². The van der Waals surface area contributed by atoms with Gasteiger partial charge in [0.2, 0.25) is 0 Å². The van der Waals surface area contributed by atoms with Crippen LogP contribution in [-0.2, 0) is 16.5 Å². The fourth-order valence-electron chi connectivity index (χ4n) is 0. The predicted octanol–water partition coefficient (Wildman–Crippen LogP) is -2.75. The van der Waals surface area contributed by atoms with Gasteiger partial charge in [0.1, 0.15) is 0 Å². The van der Waals surface area contributed by atoms with Gasteiger partial charge in [-0.3, -0.25) is 0 Å². The molecule has 0 spiro atoms. The zero-order valence-electron chi connectivity index (χ0n) is 3.34. The van der Waals surface area contributed by atoms with Gasteiger partial charge in [-0.1, -0.05) is 0 Å². The van der Waals surface area contributed by atoms with Crippen molar-refractivity contribution in [1.29, 1.82) is 5.26 Å². The van der Waals surface area contributed by atoms with Gasteiger partial charge in [-0.2, -0.15) is 0 Å². The van der Waals surface area contributed by atoms with Crippen LogP contribution in [0.15, 0.2) is 0 Å². The van der Waals surface area contributed by atoms with E-state index in [1.807, 2.05) is 0 Å². The second-order valence-corrected chi connectivity index (χ2v) is 0. The zero-order chi connectivity index (χ0) is 2.00. The van der Waals surface area contributed by atoms with Crippen molar-refractivity contribution in [2.75, 3.05) is 0 Å². The minimum atomic E-state index is 0. The van der Waals surface area contributed by atoms with Crippen LogP contribution in [0.25, 0.3) is 0 Å².